The number of furan rings is 1. The first-order valence-corrected chi connectivity index (χ1v) is 6.85. The second kappa shape index (κ2) is 7.34. The Morgan fingerprint density at radius 1 is 1.11 bits per heavy atom. The monoisotopic (exact) mass is 278 g/mol. The topological polar surface area (TPSA) is 42.4 Å². The van der Waals surface area contributed by atoms with Crippen LogP contribution in [0.25, 0.3) is 0 Å². The Hall–Kier alpha value is -1.29. The van der Waals surface area contributed by atoms with Crippen LogP contribution in [0.5, 0.6) is 0 Å². The SMILES string of the molecule is NCCCN(Cc1ccc(Cl)cc1)Cc1ccco1. The summed E-state index contributed by atoms with van der Waals surface area (Å²) in [6, 6.07) is 11.9. The maximum absolute atomic E-state index is 5.90. The number of hydrogen-bond acceptors (Lipinski definition) is 3. The van der Waals surface area contributed by atoms with Gasteiger partial charge in [-0.3, -0.25) is 4.90 Å². The minimum atomic E-state index is 0.704. The fraction of sp³-hybridized carbons (Fsp3) is 0.333. The lowest BCUT2D eigenvalue weighted by molar-refractivity contribution is 0.234. The molecule has 19 heavy (non-hydrogen) atoms. The molecule has 0 aliphatic heterocycles. The van der Waals surface area contributed by atoms with Gasteiger partial charge in [0.05, 0.1) is 12.8 Å². The Bertz CT molecular complexity index is 467. The van der Waals surface area contributed by atoms with Crippen LogP contribution in [0.3, 0.4) is 0 Å². The molecule has 0 spiro atoms. The van der Waals surface area contributed by atoms with Crippen molar-refractivity contribution in [1.82, 2.24) is 4.90 Å². The van der Waals surface area contributed by atoms with Gasteiger partial charge in [0.15, 0.2) is 0 Å². The van der Waals surface area contributed by atoms with E-state index in [9.17, 15) is 0 Å². The summed E-state index contributed by atoms with van der Waals surface area (Å²) in [5.41, 5.74) is 6.84. The molecule has 0 radical (unpaired) electrons. The molecule has 0 amide bonds. The van der Waals surface area contributed by atoms with Gasteiger partial charge in [0, 0.05) is 18.1 Å². The fourth-order valence-corrected chi connectivity index (χ4v) is 2.13. The van der Waals surface area contributed by atoms with E-state index in [2.05, 4.69) is 17.0 Å². The lowest BCUT2D eigenvalue weighted by atomic mass is 10.2. The summed E-state index contributed by atoms with van der Waals surface area (Å²) < 4.78 is 5.41. The van der Waals surface area contributed by atoms with Gasteiger partial charge in [-0.2, -0.15) is 0 Å². The second-order valence-electron chi connectivity index (χ2n) is 4.56. The van der Waals surface area contributed by atoms with E-state index < -0.39 is 0 Å². The molecule has 0 aliphatic carbocycles. The smallest absolute Gasteiger partial charge is 0.117 e. The van der Waals surface area contributed by atoms with Crippen LogP contribution < -0.4 is 5.73 Å². The highest BCUT2D eigenvalue weighted by molar-refractivity contribution is 6.30. The molecule has 0 aliphatic rings. The van der Waals surface area contributed by atoms with Crippen molar-refractivity contribution in [3.05, 3.63) is 59.0 Å². The van der Waals surface area contributed by atoms with Crippen LogP contribution in [-0.2, 0) is 13.1 Å². The maximum atomic E-state index is 5.90. The van der Waals surface area contributed by atoms with Gasteiger partial charge in [-0.05, 0) is 42.8 Å². The van der Waals surface area contributed by atoms with Crippen molar-refractivity contribution in [3.63, 3.8) is 0 Å². The first kappa shape index (κ1) is 14.1. The number of hydrogen-bond donors (Lipinski definition) is 1. The molecule has 3 nitrogen and oxygen atoms in total. The first-order valence-electron chi connectivity index (χ1n) is 6.47. The van der Waals surface area contributed by atoms with E-state index in [1.165, 1.54) is 5.56 Å². The van der Waals surface area contributed by atoms with Crippen molar-refractivity contribution >= 4 is 11.6 Å². The molecule has 1 aromatic carbocycles. The Balaban J connectivity index is 1.98. The zero-order valence-electron chi connectivity index (χ0n) is 10.9. The average molecular weight is 279 g/mol. The lowest BCUT2D eigenvalue weighted by Gasteiger charge is -2.21. The van der Waals surface area contributed by atoms with E-state index in [0.29, 0.717) is 6.54 Å². The normalized spacial score (nSPS) is 11.1. The molecule has 1 heterocycles. The summed E-state index contributed by atoms with van der Waals surface area (Å²) in [5, 5.41) is 0.767. The zero-order valence-corrected chi connectivity index (χ0v) is 11.6. The second-order valence-corrected chi connectivity index (χ2v) is 5.00. The van der Waals surface area contributed by atoms with Crippen LogP contribution in [-0.4, -0.2) is 18.0 Å². The Morgan fingerprint density at radius 3 is 2.53 bits per heavy atom. The molecule has 0 unspecified atom stereocenters. The predicted octanol–water partition coefficient (Wildman–Crippen LogP) is 3.28. The predicted molar refractivity (Wildman–Crippen MR) is 77.9 cm³/mol. The summed E-state index contributed by atoms with van der Waals surface area (Å²) in [6.07, 6.45) is 2.69. The van der Waals surface area contributed by atoms with Gasteiger partial charge in [0.1, 0.15) is 5.76 Å². The number of rotatable bonds is 7. The van der Waals surface area contributed by atoms with Gasteiger partial charge in [-0.15, -0.1) is 0 Å². The van der Waals surface area contributed by atoms with Gasteiger partial charge in [-0.25, -0.2) is 0 Å². The van der Waals surface area contributed by atoms with E-state index >= 15 is 0 Å². The molecule has 0 fully saturated rings. The van der Waals surface area contributed by atoms with Gasteiger partial charge >= 0.3 is 0 Å². The Morgan fingerprint density at radius 2 is 1.89 bits per heavy atom. The van der Waals surface area contributed by atoms with Crippen LogP contribution >= 0.6 is 11.6 Å². The van der Waals surface area contributed by atoms with Crippen molar-refractivity contribution in [2.75, 3.05) is 13.1 Å². The van der Waals surface area contributed by atoms with Crippen LogP contribution in [0.1, 0.15) is 17.7 Å². The Kier molecular flexibility index (Phi) is 5.45. The fourth-order valence-electron chi connectivity index (χ4n) is 2.00. The number of nitrogens with zero attached hydrogens (tertiary/aromatic N) is 1. The summed E-state index contributed by atoms with van der Waals surface area (Å²) in [4.78, 5) is 2.33. The van der Waals surface area contributed by atoms with Crippen LogP contribution in [0, 0.1) is 0 Å². The quantitative estimate of drug-likeness (QED) is 0.845. The minimum absolute atomic E-state index is 0.704. The number of halogens is 1. The van der Waals surface area contributed by atoms with Gasteiger partial charge < -0.3 is 10.2 Å². The molecule has 2 rings (SSSR count). The van der Waals surface area contributed by atoms with Crippen LogP contribution in [0.4, 0.5) is 0 Å². The summed E-state index contributed by atoms with van der Waals surface area (Å²) >= 11 is 5.90. The van der Waals surface area contributed by atoms with Crippen molar-refractivity contribution in [2.45, 2.75) is 19.5 Å². The molecule has 1 aromatic heterocycles. The van der Waals surface area contributed by atoms with Gasteiger partial charge in [0.2, 0.25) is 0 Å². The molecule has 0 saturated heterocycles. The third-order valence-corrected chi connectivity index (χ3v) is 3.21. The summed E-state index contributed by atoms with van der Waals surface area (Å²) in [7, 11) is 0. The van der Waals surface area contributed by atoms with E-state index in [4.69, 9.17) is 21.8 Å². The van der Waals surface area contributed by atoms with E-state index in [0.717, 1.165) is 36.8 Å². The van der Waals surface area contributed by atoms with Crippen molar-refractivity contribution < 1.29 is 4.42 Å². The number of nitrogens with two attached hydrogens (primary N) is 1. The summed E-state index contributed by atoms with van der Waals surface area (Å²) in [5.74, 6) is 0.978. The molecule has 102 valence electrons. The highest BCUT2D eigenvalue weighted by Gasteiger charge is 2.08. The molecule has 0 atom stereocenters. The largest absolute Gasteiger partial charge is 0.468 e. The van der Waals surface area contributed by atoms with Crippen LogP contribution in [0.15, 0.2) is 47.1 Å². The third-order valence-electron chi connectivity index (χ3n) is 2.96. The van der Waals surface area contributed by atoms with Crippen molar-refractivity contribution in [2.24, 2.45) is 5.73 Å². The standard InChI is InChI=1S/C15H19ClN2O/c16-14-6-4-13(5-7-14)11-18(9-2-8-17)12-15-3-1-10-19-15/h1,3-7,10H,2,8-9,11-12,17H2. The van der Waals surface area contributed by atoms with Gasteiger partial charge in [-0.1, -0.05) is 23.7 Å². The molecular weight excluding hydrogens is 260 g/mol. The third kappa shape index (κ3) is 4.71. The summed E-state index contributed by atoms with van der Waals surface area (Å²) in [6.45, 7) is 3.34. The molecular formula is C15H19ClN2O. The average Bonchev–Trinajstić information content (AvgIpc) is 2.91. The highest BCUT2D eigenvalue weighted by atomic mass is 35.5. The molecule has 0 saturated carbocycles. The van der Waals surface area contributed by atoms with Crippen LogP contribution in [0.2, 0.25) is 5.02 Å². The Labute approximate surface area is 119 Å². The zero-order chi connectivity index (χ0) is 13.5. The molecule has 4 heteroatoms. The van der Waals surface area contributed by atoms with E-state index in [-0.39, 0.29) is 0 Å². The first-order chi connectivity index (χ1) is 9.28. The van der Waals surface area contributed by atoms with E-state index in [1.807, 2.05) is 24.3 Å². The number of benzene rings is 1. The van der Waals surface area contributed by atoms with Crippen molar-refractivity contribution in [3.8, 4) is 0 Å². The van der Waals surface area contributed by atoms with Crippen molar-refractivity contribution in [1.29, 1.82) is 0 Å². The highest BCUT2D eigenvalue weighted by Crippen LogP contribution is 2.14. The molecule has 0 bridgehead atoms. The lowest BCUT2D eigenvalue weighted by Crippen LogP contribution is -2.25. The molecule has 2 aromatic rings. The maximum Gasteiger partial charge on any atom is 0.117 e. The van der Waals surface area contributed by atoms with Gasteiger partial charge in [0.25, 0.3) is 0 Å². The van der Waals surface area contributed by atoms with E-state index in [1.54, 1.807) is 6.26 Å². The molecule has 2 N–H and O–H groups in total. The minimum Gasteiger partial charge on any atom is -0.468 e.